The van der Waals surface area contributed by atoms with Crippen molar-refractivity contribution in [2.45, 2.75) is 32.6 Å². The van der Waals surface area contributed by atoms with Crippen molar-refractivity contribution < 1.29 is 23.8 Å². The van der Waals surface area contributed by atoms with E-state index in [4.69, 9.17) is 14.2 Å². The minimum atomic E-state index is -0.361. The molecular weight excluding hydrogens is 358 g/mol. The number of rotatable bonds is 10. The van der Waals surface area contributed by atoms with Crippen molar-refractivity contribution in [3.8, 4) is 11.5 Å². The van der Waals surface area contributed by atoms with Gasteiger partial charge in [0.05, 0.1) is 26.4 Å². The van der Waals surface area contributed by atoms with Crippen LogP contribution in [0, 0.1) is 0 Å². The zero-order valence-corrected chi connectivity index (χ0v) is 16.6. The van der Waals surface area contributed by atoms with E-state index in [1.165, 1.54) is 14.2 Å². The number of nitrogens with one attached hydrogen (secondary N) is 1. The van der Waals surface area contributed by atoms with Gasteiger partial charge in [0, 0.05) is 5.69 Å². The second kappa shape index (κ2) is 11.0. The predicted molar refractivity (Wildman–Crippen MR) is 108 cm³/mol. The minimum Gasteiger partial charge on any atom is -0.496 e. The fraction of sp³-hybridized carbons (Fsp3) is 0.364. The largest absolute Gasteiger partial charge is 0.496 e. The maximum Gasteiger partial charge on any atom is 0.338 e. The minimum absolute atomic E-state index is 0.308. The summed E-state index contributed by atoms with van der Waals surface area (Å²) in [4.78, 5) is 24.7. The van der Waals surface area contributed by atoms with Crippen LogP contribution in [0.25, 0.3) is 0 Å². The summed E-state index contributed by atoms with van der Waals surface area (Å²) in [6.45, 7) is 2.56. The first-order chi connectivity index (χ1) is 13.6. The van der Waals surface area contributed by atoms with Gasteiger partial charge in [-0.2, -0.15) is 0 Å². The fourth-order valence-corrected chi connectivity index (χ4v) is 2.74. The number of ether oxygens (including phenoxy) is 3. The Morgan fingerprint density at radius 3 is 2.11 bits per heavy atom. The Morgan fingerprint density at radius 1 is 0.893 bits per heavy atom. The molecule has 2 aromatic carbocycles. The maximum absolute atomic E-state index is 12.7. The molecule has 0 saturated carbocycles. The van der Waals surface area contributed by atoms with E-state index < -0.39 is 0 Å². The predicted octanol–water partition coefficient (Wildman–Crippen LogP) is 4.69. The number of methoxy groups -OCH3 is 2. The van der Waals surface area contributed by atoms with Gasteiger partial charge in [-0.05, 0) is 42.8 Å². The standard InChI is InChI=1S/C22H27NO5/c1-4-5-6-7-15-28-22(25)16-11-13-17(14-12-16)23-21(24)20-18(26-2)9-8-10-19(20)27-3/h8-14H,4-7,15H2,1-3H3,(H,23,24). The van der Waals surface area contributed by atoms with Crippen molar-refractivity contribution in [2.75, 3.05) is 26.1 Å². The average molecular weight is 385 g/mol. The van der Waals surface area contributed by atoms with Crippen molar-refractivity contribution in [1.29, 1.82) is 0 Å². The molecule has 0 radical (unpaired) electrons. The van der Waals surface area contributed by atoms with Gasteiger partial charge in [-0.3, -0.25) is 4.79 Å². The molecule has 0 aliphatic rings. The SMILES string of the molecule is CCCCCCOC(=O)c1ccc(NC(=O)c2c(OC)cccc2OC)cc1. The van der Waals surface area contributed by atoms with E-state index in [9.17, 15) is 9.59 Å². The Balaban J connectivity index is 1.99. The van der Waals surface area contributed by atoms with Crippen molar-refractivity contribution in [3.63, 3.8) is 0 Å². The average Bonchev–Trinajstić information content (AvgIpc) is 2.73. The van der Waals surface area contributed by atoms with Crippen molar-refractivity contribution in [1.82, 2.24) is 0 Å². The van der Waals surface area contributed by atoms with E-state index in [-0.39, 0.29) is 11.9 Å². The van der Waals surface area contributed by atoms with Gasteiger partial charge in [0.15, 0.2) is 0 Å². The lowest BCUT2D eigenvalue weighted by Gasteiger charge is -2.13. The number of amides is 1. The Morgan fingerprint density at radius 2 is 1.54 bits per heavy atom. The Kier molecular flexibility index (Phi) is 8.34. The van der Waals surface area contributed by atoms with Gasteiger partial charge in [-0.25, -0.2) is 4.79 Å². The molecule has 0 spiro atoms. The first-order valence-electron chi connectivity index (χ1n) is 9.40. The molecule has 2 aromatic rings. The van der Waals surface area contributed by atoms with Crippen LogP contribution in [0.15, 0.2) is 42.5 Å². The third-order valence-electron chi connectivity index (χ3n) is 4.26. The number of hydrogen-bond acceptors (Lipinski definition) is 5. The fourth-order valence-electron chi connectivity index (χ4n) is 2.74. The molecule has 0 atom stereocenters. The van der Waals surface area contributed by atoms with Crippen LogP contribution < -0.4 is 14.8 Å². The third-order valence-corrected chi connectivity index (χ3v) is 4.26. The van der Waals surface area contributed by atoms with Crippen LogP contribution in [-0.4, -0.2) is 32.7 Å². The summed E-state index contributed by atoms with van der Waals surface area (Å²) in [5.74, 6) is 0.113. The molecule has 0 aliphatic carbocycles. The molecule has 0 bridgehead atoms. The Labute approximate surface area is 165 Å². The lowest BCUT2D eigenvalue weighted by atomic mass is 10.1. The van der Waals surface area contributed by atoms with E-state index in [1.807, 2.05) is 0 Å². The van der Waals surface area contributed by atoms with E-state index in [1.54, 1.807) is 42.5 Å². The number of carbonyl (C=O) groups is 2. The molecule has 6 heteroatoms. The van der Waals surface area contributed by atoms with Crippen LogP contribution in [0.5, 0.6) is 11.5 Å². The molecule has 1 amide bonds. The van der Waals surface area contributed by atoms with Crippen LogP contribution in [0.4, 0.5) is 5.69 Å². The highest BCUT2D eigenvalue weighted by Crippen LogP contribution is 2.29. The first-order valence-corrected chi connectivity index (χ1v) is 9.40. The molecule has 0 unspecified atom stereocenters. The Bertz CT molecular complexity index is 764. The molecule has 0 aliphatic heterocycles. The Hall–Kier alpha value is -3.02. The molecule has 6 nitrogen and oxygen atoms in total. The van der Waals surface area contributed by atoms with Gasteiger partial charge in [0.1, 0.15) is 17.1 Å². The number of anilines is 1. The third kappa shape index (κ3) is 5.74. The molecule has 0 aromatic heterocycles. The van der Waals surface area contributed by atoms with E-state index in [0.29, 0.717) is 34.9 Å². The number of unbranched alkanes of at least 4 members (excludes halogenated alkanes) is 3. The summed E-state index contributed by atoms with van der Waals surface area (Å²) in [5.41, 5.74) is 1.31. The van der Waals surface area contributed by atoms with Crippen molar-refractivity contribution in [2.24, 2.45) is 0 Å². The van der Waals surface area contributed by atoms with Crippen LogP contribution in [0.1, 0.15) is 53.3 Å². The number of carbonyl (C=O) groups excluding carboxylic acids is 2. The van der Waals surface area contributed by atoms with Gasteiger partial charge in [0.25, 0.3) is 5.91 Å². The van der Waals surface area contributed by atoms with E-state index in [0.717, 1.165) is 25.7 Å². The van der Waals surface area contributed by atoms with Crippen LogP contribution in [0.2, 0.25) is 0 Å². The molecule has 28 heavy (non-hydrogen) atoms. The van der Waals surface area contributed by atoms with Crippen LogP contribution in [-0.2, 0) is 4.74 Å². The van der Waals surface area contributed by atoms with Gasteiger partial charge in [0.2, 0.25) is 0 Å². The van der Waals surface area contributed by atoms with Gasteiger partial charge in [-0.1, -0.05) is 32.3 Å². The number of esters is 1. The normalized spacial score (nSPS) is 10.2. The van der Waals surface area contributed by atoms with E-state index >= 15 is 0 Å². The lowest BCUT2D eigenvalue weighted by molar-refractivity contribution is 0.0497. The summed E-state index contributed by atoms with van der Waals surface area (Å²) in [5, 5.41) is 2.79. The van der Waals surface area contributed by atoms with E-state index in [2.05, 4.69) is 12.2 Å². The van der Waals surface area contributed by atoms with Crippen LogP contribution >= 0.6 is 0 Å². The summed E-state index contributed by atoms with van der Waals surface area (Å²) in [7, 11) is 2.99. The molecular formula is C22H27NO5. The van der Waals surface area contributed by atoms with Gasteiger partial charge >= 0.3 is 5.97 Å². The molecule has 0 heterocycles. The smallest absolute Gasteiger partial charge is 0.338 e. The second-order valence-electron chi connectivity index (χ2n) is 6.27. The summed E-state index contributed by atoms with van der Waals surface area (Å²) in [6.07, 6.45) is 4.21. The highest BCUT2D eigenvalue weighted by Gasteiger charge is 2.18. The van der Waals surface area contributed by atoms with Gasteiger partial charge in [-0.15, -0.1) is 0 Å². The number of hydrogen-bond donors (Lipinski definition) is 1. The first kappa shape index (κ1) is 21.3. The molecule has 0 fully saturated rings. The van der Waals surface area contributed by atoms with Crippen molar-refractivity contribution >= 4 is 17.6 Å². The molecule has 150 valence electrons. The number of benzene rings is 2. The summed E-state index contributed by atoms with van der Waals surface area (Å²) in [6, 6.07) is 11.7. The maximum atomic E-state index is 12.7. The molecule has 2 rings (SSSR count). The monoisotopic (exact) mass is 385 g/mol. The van der Waals surface area contributed by atoms with Crippen LogP contribution in [0.3, 0.4) is 0 Å². The highest BCUT2D eigenvalue weighted by molar-refractivity contribution is 6.08. The second-order valence-corrected chi connectivity index (χ2v) is 6.27. The topological polar surface area (TPSA) is 73.9 Å². The molecule has 1 N–H and O–H groups in total. The van der Waals surface area contributed by atoms with Gasteiger partial charge < -0.3 is 19.5 Å². The zero-order valence-electron chi connectivity index (χ0n) is 16.6. The summed E-state index contributed by atoms with van der Waals surface area (Å²) >= 11 is 0. The van der Waals surface area contributed by atoms with Crippen molar-refractivity contribution in [3.05, 3.63) is 53.6 Å². The quantitative estimate of drug-likeness (QED) is 0.474. The zero-order chi connectivity index (χ0) is 20.4. The molecule has 0 saturated heterocycles. The summed E-state index contributed by atoms with van der Waals surface area (Å²) < 4.78 is 15.8. The highest BCUT2D eigenvalue weighted by atomic mass is 16.5. The lowest BCUT2D eigenvalue weighted by Crippen LogP contribution is -2.15.